The summed E-state index contributed by atoms with van der Waals surface area (Å²) in [4.78, 5) is 4.39. The van der Waals surface area contributed by atoms with E-state index in [0.717, 1.165) is 18.5 Å². The number of hydrogen-bond acceptors (Lipinski definition) is 4. The fraction of sp³-hybridized carbons (Fsp3) is 0.429. The molecule has 0 saturated heterocycles. The van der Waals surface area contributed by atoms with Crippen LogP contribution in [0.15, 0.2) is 22.7 Å². The van der Waals surface area contributed by atoms with Crippen molar-refractivity contribution in [2.24, 2.45) is 0 Å². The molecule has 1 unspecified atom stereocenters. The van der Waals surface area contributed by atoms with Crippen molar-refractivity contribution in [2.45, 2.75) is 32.7 Å². The Morgan fingerprint density at radius 2 is 2.10 bits per heavy atom. The third-order valence-corrected chi connectivity index (χ3v) is 3.64. The molecule has 1 heterocycles. The Labute approximate surface area is 128 Å². The van der Waals surface area contributed by atoms with E-state index >= 15 is 0 Å². The predicted octanol–water partition coefficient (Wildman–Crippen LogP) is 4.03. The fourth-order valence-electron chi connectivity index (χ4n) is 1.80. The summed E-state index contributed by atoms with van der Waals surface area (Å²) in [5, 5.41) is 8.37. The number of halogens is 2. The van der Waals surface area contributed by atoms with Crippen molar-refractivity contribution in [3.8, 4) is 0 Å². The van der Waals surface area contributed by atoms with Gasteiger partial charge in [-0.15, -0.1) is 0 Å². The van der Waals surface area contributed by atoms with Gasteiger partial charge in [-0.1, -0.05) is 41.3 Å². The molecule has 0 aliphatic carbocycles. The van der Waals surface area contributed by atoms with Crippen molar-refractivity contribution in [3.05, 3.63) is 45.5 Å². The van der Waals surface area contributed by atoms with Crippen molar-refractivity contribution in [1.29, 1.82) is 0 Å². The largest absolute Gasteiger partial charge is 0.338 e. The van der Waals surface area contributed by atoms with Crippen molar-refractivity contribution in [2.75, 3.05) is 6.54 Å². The molecule has 4 nitrogen and oxygen atoms in total. The molecule has 0 bridgehead atoms. The Bertz CT molecular complexity index is 571. The van der Waals surface area contributed by atoms with Crippen molar-refractivity contribution < 1.29 is 4.52 Å². The molecule has 0 amide bonds. The minimum absolute atomic E-state index is 0.0602. The zero-order chi connectivity index (χ0) is 14.5. The Morgan fingerprint density at radius 3 is 2.80 bits per heavy atom. The Hall–Kier alpha value is -1.10. The predicted molar refractivity (Wildman–Crippen MR) is 80.3 cm³/mol. The van der Waals surface area contributed by atoms with E-state index in [1.807, 2.05) is 19.1 Å². The first-order valence-corrected chi connectivity index (χ1v) is 7.35. The highest BCUT2D eigenvalue weighted by Crippen LogP contribution is 2.23. The summed E-state index contributed by atoms with van der Waals surface area (Å²) in [5.41, 5.74) is 1.00. The standard InChI is InChI=1S/C14H17Cl2N3O/c1-3-6-17-9(2)14-18-13(19-20-14)8-10-4-5-11(15)12(16)7-10/h4-5,7,9,17H,3,6,8H2,1-2H3. The van der Waals surface area contributed by atoms with Crippen molar-refractivity contribution in [1.82, 2.24) is 15.5 Å². The van der Waals surface area contributed by atoms with E-state index < -0.39 is 0 Å². The summed E-state index contributed by atoms with van der Waals surface area (Å²) in [6, 6.07) is 5.55. The van der Waals surface area contributed by atoms with Crippen LogP contribution >= 0.6 is 23.2 Å². The molecular weight excluding hydrogens is 297 g/mol. The van der Waals surface area contributed by atoms with Gasteiger partial charge in [-0.25, -0.2) is 0 Å². The summed E-state index contributed by atoms with van der Waals surface area (Å²) in [5.74, 6) is 1.25. The van der Waals surface area contributed by atoms with Crippen LogP contribution in [0.25, 0.3) is 0 Å². The summed E-state index contributed by atoms with van der Waals surface area (Å²) in [6.07, 6.45) is 1.63. The smallest absolute Gasteiger partial charge is 0.243 e. The van der Waals surface area contributed by atoms with Crippen LogP contribution in [0.1, 0.15) is 43.6 Å². The Morgan fingerprint density at radius 1 is 1.30 bits per heavy atom. The number of nitrogens with one attached hydrogen (secondary N) is 1. The number of aromatic nitrogens is 2. The molecule has 1 aromatic carbocycles. The van der Waals surface area contributed by atoms with Crippen LogP contribution in [0.2, 0.25) is 10.0 Å². The Kier molecular flexibility index (Phi) is 5.40. The van der Waals surface area contributed by atoms with Gasteiger partial charge in [0.25, 0.3) is 0 Å². The van der Waals surface area contributed by atoms with E-state index in [-0.39, 0.29) is 6.04 Å². The monoisotopic (exact) mass is 313 g/mol. The van der Waals surface area contributed by atoms with Gasteiger partial charge in [0.15, 0.2) is 5.82 Å². The second-order valence-corrected chi connectivity index (χ2v) is 5.46. The number of benzene rings is 1. The lowest BCUT2D eigenvalue weighted by Gasteiger charge is -2.06. The highest BCUT2D eigenvalue weighted by Gasteiger charge is 2.13. The minimum Gasteiger partial charge on any atom is -0.338 e. The zero-order valence-electron chi connectivity index (χ0n) is 11.5. The van der Waals surface area contributed by atoms with E-state index in [0.29, 0.717) is 28.2 Å². The first-order valence-electron chi connectivity index (χ1n) is 6.60. The van der Waals surface area contributed by atoms with Crippen LogP contribution in [-0.4, -0.2) is 16.7 Å². The number of rotatable bonds is 6. The molecule has 20 heavy (non-hydrogen) atoms. The highest BCUT2D eigenvalue weighted by molar-refractivity contribution is 6.42. The van der Waals surface area contributed by atoms with Crippen LogP contribution in [0.4, 0.5) is 0 Å². The van der Waals surface area contributed by atoms with Gasteiger partial charge in [0, 0.05) is 6.42 Å². The molecule has 2 aromatic rings. The zero-order valence-corrected chi connectivity index (χ0v) is 13.0. The molecule has 1 aromatic heterocycles. The highest BCUT2D eigenvalue weighted by atomic mass is 35.5. The average Bonchev–Trinajstić information content (AvgIpc) is 2.89. The molecule has 2 rings (SSSR count). The van der Waals surface area contributed by atoms with Gasteiger partial charge in [0.1, 0.15) is 0 Å². The van der Waals surface area contributed by atoms with Crippen LogP contribution in [0, 0.1) is 0 Å². The normalized spacial score (nSPS) is 12.6. The third kappa shape index (κ3) is 3.95. The SMILES string of the molecule is CCCNC(C)c1nc(Cc2ccc(Cl)c(Cl)c2)no1. The summed E-state index contributed by atoms with van der Waals surface area (Å²) >= 11 is 11.9. The van der Waals surface area contributed by atoms with Gasteiger partial charge in [-0.05, 0) is 37.6 Å². The van der Waals surface area contributed by atoms with Crippen LogP contribution in [-0.2, 0) is 6.42 Å². The van der Waals surface area contributed by atoms with Crippen molar-refractivity contribution >= 4 is 23.2 Å². The second-order valence-electron chi connectivity index (χ2n) is 4.65. The first kappa shape index (κ1) is 15.3. The van der Waals surface area contributed by atoms with Crippen LogP contribution < -0.4 is 5.32 Å². The van der Waals surface area contributed by atoms with Gasteiger partial charge >= 0.3 is 0 Å². The third-order valence-electron chi connectivity index (χ3n) is 2.90. The summed E-state index contributed by atoms with van der Waals surface area (Å²) < 4.78 is 5.27. The molecule has 0 radical (unpaired) electrons. The van der Waals surface area contributed by atoms with Crippen molar-refractivity contribution in [3.63, 3.8) is 0 Å². The fourth-order valence-corrected chi connectivity index (χ4v) is 2.12. The van der Waals surface area contributed by atoms with E-state index in [9.17, 15) is 0 Å². The van der Waals surface area contributed by atoms with Crippen LogP contribution in [0.5, 0.6) is 0 Å². The number of nitrogens with zero attached hydrogens (tertiary/aromatic N) is 2. The number of hydrogen-bond donors (Lipinski definition) is 1. The minimum atomic E-state index is 0.0602. The van der Waals surface area contributed by atoms with Gasteiger partial charge in [-0.2, -0.15) is 4.98 Å². The second kappa shape index (κ2) is 7.07. The molecule has 108 valence electrons. The summed E-state index contributed by atoms with van der Waals surface area (Å²) in [7, 11) is 0. The maximum Gasteiger partial charge on any atom is 0.243 e. The van der Waals surface area contributed by atoms with Crippen LogP contribution in [0.3, 0.4) is 0 Å². The average molecular weight is 314 g/mol. The lowest BCUT2D eigenvalue weighted by atomic mass is 10.1. The molecular formula is C14H17Cl2N3O. The van der Waals surface area contributed by atoms with Gasteiger partial charge in [0.2, 0.25) is 5.89 Å². The Balaban J connectivity index is 2.03. The van der Waals surface area contributed by atoms with E-state index in [2.05, 4.69) is 22.4 Å². The lowest BCUT2D eigenvalue weighted by Crippen LogP contribution is -2.19. The summed E-state index contributed by atoms with van der Waals surface area (Å²) in [6.45, 7) is 5.04. The van der Waals surface area contributed by atoms with E-state index in [1.165, 1.54) is 0 Å². The molecule has 1 N–H and O–H groups in total. The maximum atomic E-state index is 5.99. The maximum absolute atomic E-state index is 5.99. The van der Waals surface area contributed by atoms with Gasteiger partial charge in [-0.3, -0.25) is 0 Å². The molecule has 0 spiro atoms. The molecule has 0 fully saturated rings. The topological polar surface area (TPSA) is 51.0 Å². The molecule has 0 saturated carbocycles. The molecule has 1 atom stereocenters. The molecule has 6 heteroatoms. The quantitative estimate of drug-likeness (QED) is 0.874. The van der Waals surface area contributed by atoms with E-state index in [1.54, 1.807) is 6.07 Å². The lowest BCUT2D eigenvalue weighted by molar-refractivity contribution is 0.337. The molecule has 0 aliphatic heterocycles. The van der Waals surface area contributed by atoms with E-state index in [4.69, 9.17) is 27.7 Å². The first-order chi connectivity index (χ1) is 9.60. The van der Waals surface area contributed by atoms with Gasteiger partial charge < -0.3 is 9.84 Å². The molecule has 0 aliphatic rings. The van der Waals surface area contributed by atoms with Gasteiger partial charge in [0.05, 0.1) is 16.1 Å².